The number of nitrogens with zero attached hydrogens (tertiary/aromatic N) is 1. The summed E-state index contributed by atoms with van der Waals surface area (Å²) < 4.78 is 5.76. The Balaban J connectivity index is 1.86. The van der Waals surface area contributed by atoms with Gasteiger partial charge in [0.15, 0.2) is 0 Å². The molecule has 1 aromatic rings. The lowest BCUT2D eigenvalue weighted by Crippen LogP contribution is -2.31. The van der Waals surface area contributed by atoms with Crippen LogP contribution in [0.2, 0.25) is 0 Å². The van der Waals surface area contributed by atoms with Crippen molar-refractivity contribution in [1.82, 2.24) is 4.90 Å². The summed E-state index contributed by atoms with van der Waals surface area (Å²) in [6.45, 7) is 6.89. The van der Waals surface area contributed by atoms with E-state index in [1.165, 1.54) is 13.0 Å². The highest BCUT2D eigenvalue weighted by Gasteiger charge is 2.28. The van der Waals surface area contributed by atoms with E-state index >= 15 is 0 Å². The first-order chi connectivity index (χ1) is 9.22. The molecule has 0 spiro atoms. The molecule has 2 unspecified atom stereocenters. The first-order valence-electron chi connectivity index (χ1n) is 7.07. The fourth-order valence-electron chi connectivity index (χ4n) is 2.71. The van der Waals surface area contributed by atoms with Crippen molar-refractivity contribution in [2.24, 2.45) is 17.6 Å². The number of hydrogen-bond acceptors (Lipinski definition) is 4. The summed E-state index contributed by atoms with van der Waals surface area (Å²) in [5, 5.41) is 9.40. The third-order valence-corrected chi connectivity index (χ3v) is 4.01. The predicted molar refractivity (Wildman–Crippen MR) is 76.4 cm³/mol. The van der Waals surface area contributed by atoms with Crippen molar-refractivity contribution >= 4 is 0 Å². The average Bonchev–Trinajstić information content (AvgIpc) is 2.88. The van der Waals surface area contributed by atoms with Crippen molar-refractivity contribution in [2.45, 2.75) is 13.3 Å². The number of ether oxygens (including phenoxy) is 1. The number of hydrogen-bond donors (Lipinski definition) is 2. The fourth-order valence-corrected chi connectivity index (χ4v) is 2.71. The molecule has 4 heteroatoms. The summed E-state index contributed by atoms with van der Waals surface area (Å²) in [6, 6.07) is 6.93. The van der Waals surface area contributed by atoms with Crippen molar-refractivity contribution < 1.29 is 9.84 Å². The lowest BCUT2D eigenvalue weighted by molar-refractivity contribution is 0.196. The minimum Gasteiger partial charge on any atom is -0.508 e. The molecule has 1 aliphatic heterocycles. The number of rotatable bonds is 6. The zero-order valence-electron chi connectivity index (χ0n) is 11.6. The average molecular weight is 264 g/mol. The van der Waals surface area contributed by atoms with Crippen LogP contribution in [-0.2, 0) is 0 Å². The molecule has 2 rings (SSSR count). The molecule has 1 fully saturated rings. The summed E-state index contributed by atoms with van der Waals surface area (Å²) in [5.74, 6) is 1.96. The van der Waals surface area contributed by atoms with Gasteiger partial charge in [-0.05, 0) is 44.1 Å². The van der Waals surface area contributed by atoms with E-state index < -0.39 is 0 Å². The molecular weight excluding hydrogens is 240 g/mol. The van der Waals surface area contributed by atoms with Crippen LogP contribution >= 0.6 is 0 Å². The lowest BCUT2D eigenvalue weighted by Gasteiger charge is -2.22. The zero-order chi connectivity index (χ0) is 13.7. The molecule has 0 aliphatic carbocycles. The van der Waals surface area contributed by atoms with Crippen LogP contribution in [0.3, 0.4) is 0 Å². The number of nitrogens with two attached hydrogens (primary N) is 1. The SMILES string of the molecule is CCN1CCC(C(CN)COc2cccc(O)c2)C1. The second-order valence-electron chi connectivity index (χ2n) is 5.25. The number of phenolic OH excluding ortho intramolecular Hbond substituents is 1. The summed E-state index contributed by atoms with van der Waals surface area (Å²) in [6.07, 6.45) is 1.21. The van der Waals surface area contributed by atoms with Gasteiger partial charge >= 0.3 is 0 Å². The van der Waals surface area contributed by atoms with Crippen LogP contribution in [0, 0.1) is 11.8 Å². The molecule has 1 aromatic carbocycles. The van der Waals surface area contributed by atoms with Crippen molar-refractivity contribution in [3.05, 3.63) is 24.3 Å². The van der Waals surface area contributed by atoms with Gasteiger partial charge in [-0.2, -0.15) is 0 Å². The molecule has 0 amide bonds. The quantitative estimate of drug-likeness (QED) is 0.821. The predicted octanol–water partition coefficient (Wildman–Crippen LogP) is 1.69. The van der Waals surface area contributed by atoms with E-state index in [4.69, 9.17) is 10.5 Å². The van der Waals surface area contributed by atoms with Crippen molar-refractivity contribution in [3.8, 4) is 11.5 Å². The number of aromatic hydroxyl groups is 1. The maximum Gasteiger partial charge on any atom is 0.122 e. The van der Waals surface area contributed by atoms with E-state index in [9.17, 15) is 5.11 Å². The smallest absolute Gasteiger partial charge is 0.122 e. The van der Waals surface area contributed by atoms with Crippen LogP contribution in [0.4, 0.5) is 0 Å². The van der Waals surface area contributed by atoms with Gasteiger partial charge in [0.05, 0.1) is 6.61 Å². The Morgan fingerprint density at radius 1 is 1.53 bits per heavy atom. The van der Waals surface area contributed by atoms with E-state index in [1.807, 2.05) is 6.07 Å². The van der Waals surface area contributed by atoms with Gasteiger partial charge in [0.1, 0.15) is 11.5 Å². The summed E-state index contributed by atoms with van der Waals surface area (Å²) >= 11 is 0. The second kappa shape index (κ2) is 6.78. The normalized spacial score (nSPS) is 21.5. The molecule has 1 saturated heterocycles. The summed E-state index contributed by atoms with van der Waals surface area (Å²) in [5.41, 5.74) is 5.89. The Hall–Kier alpha value is -1.26. The maximum absolute atomic E-state index is 9.40. The van der Waals surface area contributed by atoms with Gasteiger partial charge in [-0.15, -0.1) is 0 Å². The van der Waals surface area contributed by atoms with Gasteiger partial charge < -0.3 is 20.5 Å². The van der Waals surface area contributed by atoms with Crippen molar-refractivity contribution in [3.63, 3.8) is 0 Å². The van der Waals surface area contributed by atoms with Crippen LogP contribution in [-0.4, -0.2) is 42.8 Å². The third kappa shape index (κ3) is 3.85. The van der Waals surface area contributed by atoms with Gasteiger partial charge in [-0.1, -0.05) is 13.0 Å². The van der Waals surface area contributed by atoms with E-state index in [-0.39, 0.29) is 5.75 Å². The molecule has 3 N–H and O–H groups in total. The zero-order valence-corrected chi connectivity index (χ0v) is 11.6. The Morgan fingerprint density at radius 3 is 3.00 bits per heavy atom. The monoisotopic (exact) mass is 264 g/mol. The van der Waals surface area contributed by atoms with E-state index in [2.05, 4.69) is 11.8 Å². The molecule has 4 nitrogen and oxygen atoms in total. The largest absolute Gasteiger partial charge is 0.508 e. The topological polar surface area (TPSA) is 58.7 Å². The van der Waals surface area contributed by atoms with Gasteiger partial charge in [-0.25, -0.2) is 0 Å². The van der Waals surface area contributed by atoms with Crippen LogP contribution in [0.15, 0.2) is 24.3 Å². The van der Waals surface area contributed by atoms with Crippen molar-refractivity contribution in [1.29, 1.82) is 0 Å². The van der Waals surface area contributed by atoms with Crippen LogP contribution < -0.4 is 10.5 Å². The summed E-state index contributed by atoms with van der Waals surface area (Å²) in [4.78, 5) is 2.46. The minimum atomic E-state index is 0.236. The number of benzene rings is 1. The first kappa shape index (κ1) is 14.2. The standard InChI is InChI=1S/C15H24N2O2/c1-2-17-7-6-12(10-17)13(9-16)11-19-15-5-3-4-14(18)8-15/h3-5,8,12-13,18H,2,6-7,9-11,16H2,1H3. The molecular formula is C15H24N2O2. The highest BCUT2D eigenvalue weighted by Crippen LogP contribution is 2.25. The molecule has 1 heterocycles. The van der Waals surface area contributed by atoms with Gasteiger partial charge in [-0.3, -0.25) is 0 Å². The van der Waals surface area contributed by atoms with E-state index in [0.717, 1.165) is 13.1 Å². The van der Waals surface area contributed by atoms with Gasteiger partial charge in [0, 0.05) is 18.5 Å². The third-order valence-electron chi connectivity index (χ3n) is 4.01. The van der Waals surface area contributed by atoms with Gasteiger partial charge in [0.2, 0.25) is 0 Å². The maximum atomic E-state index is 9.40. The molecule has 0 saturated carbocycles. The molecule has 0 aromatic heterocycles. The highest BCUT2D eigenvalue weighted by molar-refractivity contribution is 5.31. The van der Waals surface area contributed by atoms with Crippen molar-refractivity contribution in [2.75, 3.05) is 32.8 Å². The number of likely N-dealkylation sites (tertiary alicyclic amines) is 1. The van der Waals surface area contributed by atoms with E-state index in [1.54, 1.807) is 18.2 Å². The fraction of sp³-hybridized carbons (Fsp3) is 0.600. The van der Waals surface area contributed by atoms with Crippen LogP contribution in [0.1, 0.15) is 13.3 Å². The summed E-state index contributed by atoms with van der Waals surface area (Å²) in [7, 11) is 0. The van der Waals surface area contributed by atoms with Gasteiger partial charge in [0.25, 0.3) is 0 Å². The molecule has 0 radical (unpaired) electrons. The Bertz CT molecular complexity index is 397. The Morgan fingerprint density at radius 2 is 2.37 bits per heavy atom. The second-order valence-corrected chi connectivity index (χ2v) is 5.25. The minimum absolute atomic E-state index is 0.236. The first-order valence-corrected chi connectivity index (χ1v) is 7.07. The molecule has 19 heavy (non-hydrogen) atoms. The molecule has 0 bridgehead atoms. The van der Waals surface area contributed by atoms with E-state index in [0.29, 0.717) is 30.7 Å². The highest BCUT2D eigenvalue weighted by atomic mass is 16.5. The van der Waals surface area contributed by atoms with Crippen LogP contribution in [0.25, 0.3) is 0 Å². The Labute approximate surface area is 115 Å². The lowest BCUT2D eigenvalue weighted by atomic mass is 9.92. The molecule has 1 aliphatic rings. The molecule has 106 valence electrons. The Kier molecular flexibility index (Phi) is 5.05. The molecule has 2 atom stereocenters. The number of phenols is 1. The van der Waals surface area contributed by atoms with Crippen LogP contribution in [0.5, 0.6) is 11.5 Å².